The van der Waals surface area contributed by atoms with Gasteiger partial charge in [-0.15, -0.1) is 10.1 Å². The van der Waals surface area contributed by atoms with Crippen LogP contribution in [0.15, 0.2) is 36.5 Å². The zero-order valence-corrected chi connectivity index (χ0v) is 6.68. The van der Waals surface area contributed by atoms with Crippen LogP contribution in [-0.4, -0.2) is 15.3 Å². The van der Waals surface area contributed by atoms with Crippen molar-refractivity contribution < 1.29 is 10.3 Å². The first kappa shape index (κ1) is 9.05. The van der Waals surface area contributed by atoms with Crippen molar-refractivity contribution in [3.8, 4) is 0 Å². The second kappa shape index (κ2) is 4.10. The molecule has 0 unspecified atom stereocenters. The van der Waals surface area contributed by atoms with Gasteiger partial charge in [0.15, 0.2) is 0 Å². The number of aromatic nitrogens is 1. The zero-order chi connectivity index (χ0) is 9.68. The molecule has 5 nitrogen and oxygen atoms in total. The highest BCUT2D eigenvalue weighted by Gasteiger charge is 1.86. The Labute approximate surface area is 73.7 Å². The molecular formula is C8H8N2O3. The van der Waals surface area contributed by atoms with E-state index >= 15 is 0 Å². The van der Waals surface area contributed by atoms with E-state index < -0.39 is 5.09 Å². The van der Waals surface area contributed by atoms with Gasteiger partial charge in [-0.05, 0) is 17.5 Å². The molecule has 2 N–H and O–H groups in total. The molecule has 1 aromatic carbocycles. The van der Waals surface area contributed by atoms with Gasteiger partial charge < -0.3 is 10.2 Å². The summed E-state index contributed by atoms with van der Waals surface area (Å²) in [4.78, 5) is 11.5. The van der Waals surface area contributed by atoms with Gasteiger partial charge in [-0.3, -0.25) is 0 Å². The Hall–Kier alpha value is -2.04. The van der Waals surface area contributed by atoms with Gasteiger partial charge >= 0.3 is 0 Å². The van der Waals surface area contributed by atoms with E-state index in [2.05, 4.69) is 23.2 Å². The van der Waals surface area contributed by atoms with Gasteiger partial charge in [-0.25, -0.2) is 0 Å². The van der Waals surface area contributed by atoms with E-state index in [0.29, 0.717) is 0 Å². The largest absolute Gasteiger partial charge is 0.361 e. The minimum Gasteiger partial charge on any atom is -0.361 e. The number of fused-ring (bicyclic) bond motifs is 1. The fourth-order valence-corrected chi connectivity index (χ4v) is 0.995. The summed E-state index contributed by atoms with van der Waals surface area (Å²) >= 11 is 0. The molecule has 0 radical (unpaired) electrons. The topological polar surface area (TPSA) is 79.2 Å². The number of rotatable bonds is 0. The van der Waals surface area contributed by atoms with Crippen molar-refractivity contribution in [2.75, 3.05) is 0 Å². The smallest absolute Gasteiger partial charge is 0.291 e. The predicted molar refractivity (Wildman–Crippen MR) is 47.1 cm³/mol. The Balaban J connectivity index is 0.000000184. The molecule has 1 aromatic heterocycles. The van der Waals surface area contributed by atoms with Crippen LogP contribution in [-0.2, 0) is 0 Å². The highest BCUT2D eigenvalue weighted by Crippen LogP contribution is 2.09. The quantitative estimate of drug-likeness (QED) is 0.479. The molecule has 0 atom stereocenters. The number of H-pyrrole nitrogens is 1. The molecule has 0 aliphatic carbocycles. The molecule has 2 aromatic rings. The maximum absolute atomic E-state index is 8.36. The maximum Gasteiger partial charge on any atom is 0.291 e. The summed E-state index contributed by atoms with van der Waals surface area (Å²) < 4.78 is 0. The lowest BCUT2D eigenvalue weighted by Gasteiger charge is -1.83. The lowest BCUT2D eigenvalue weighted by Crippen LogP contribution is -1.81. The Morgan fingerprint density at radius 1 is 1.31 bits per heavy atom. The number of hydrogen-bond acceptors (Lipinski definition) is 2. The highest BCUT2D eigenvalue weighted by molar-refractivity contribution is 5.78. The molecule has 0 aliphatic rings. The number of hydrogen-bond donors (Lipinski definition) is 2. The average molecular weight is 180 g/mol. The summed E-state index contributed by atoms with van der Waals surface area (Å²) in [5.74, 6) is 0. The van der Waals surface area contributed by atoms with Crippen molar-refractivity contribution in [2.24, 2.45) is 0 Å². The summed E-state index contributed by atoms with van der Waals surface area (Å²) in [7, 11) is 0. The van der Waals surface area contributed by atoms with Crippen molar-refractivity contribution in [3.63, 3.8) is 0 Å². The van der Waals surface area contributed by atoms with Crippen LogP contribution in [0, 0.1) is 10.1 Å². The van der Waals surface area contributed by atoms with Crippen molar-refractivity contribution in [2.45, 2.75) is 0 Å². The number of aromatic amines is 1. The first-order valence-corrected chi connectivity index (χ1v) is 3.55. The van der Waals surface area contributed by atoms with E-state index in [1.807, 2.05) is 18.3 Å². The molecule has 0 aliphatic heterocycles. The molecule has 1 heterocycles. The van der Waals surface area contributed by atoms with Crippen LogP contribution in [0.4, 0.5) is 0 Å². The maximum atomic E-state index is 8.36. The third kappa shape index (κ3) is 2.82. The van der Waals surface area contributed by atoms with Gasteiger partial charge in [0.25, 0.3) is 5.09 Å². The van der Waals surface area contributed by atoms with E-state index in [9.17, 15) is 0 Å². The highest BCUT2D eigenvalue weighted by atomic mass is 16.9. The molecule has 2 rings (SSSR count). The van der Waals surface area contributed by atoms with Gasteiger partial charge in [0.1, 0.15) is 0 Å². The monoisotopic (exact) mass is 180 g/mol. The second-order valence-electron chi connectivity index (χ2n) is 2.30. The standard InChI is InChI=1S/C8H7N.HNO3/c1-2-4-8-7(3-1)5-6-9-8;2-1(3)4/h1-6,9H;(H,2,3,4). The molecule has 0 amide bonds. The summed E-state index contributed by atoms with van der Waals surface area (Å²) in [5.41, 5.74) is 1.21. The number of benzene rings is 1. The second-order valence-corrected chi connectivity index (χ2v) is 2.30. The van der Waals surface area contributed by atoms with Gasteiger partial charge in [0.05, 0.1) is 0 Å². The van der Waals surface area contributed by atoms with Crippen LogP contribution < -0.4 is 0 Å². The van der Waals surface area contributed by atoms with Crippen LogP contribution in [0.2, 0.25) is 0 Å². The fourth-order valence-electron chi connectivity index (χ4n) is 0.995. The molecule has 0 bridgehead atoms. The van der Waals surface area contributed by atoms with Crippen molar-refractivity contribution in [1.29, 1.82) is 0 Å². The van der Waals surface area contributed by atoms with Crippen molar-refractivity contribution >= 4 is 10.9 Å². The van der Waals surface area contributed by atoms with Gasteiger partial charge in [0.2, 0.25) is 0 Å². The molecule has 68 valence electrons. The molecule has 0 saturated carbocycles. The first-order valence-electron chi connectivity index (χ1n) is 3.55. The molecule has 0 fully saturated rings. The Morgan fingerprint density at radius 2 is 1.92 bits per heavy atom. The predicted octanol–water partition coefficient (Wildman–Crippen LogP) is 1.82. The Bertz CT molecular complexity index is 363. The summed E-state index contributed by atoms with van der Waals surface area (Å²) in [5, 5.41) is 14.9. The fraction of sp³-hybridized carbons (Fsp3) is 0. The number of nitrogens with zero attached hydrogens (tertiary/aromatic N) is 1. The van der Waals surface area contributed by atoms with E-state index in [1.165, 1.54) is 10.9 Å². The van der Waals surface area contributed by atoms with Gasteiger partial charge in [-0.2, -0.15) is 0 Å². The normalized spacial score (nSPS) is 8.92. The Morgan fingerprint density at radius 3 is 2.54 bits per heavy atom. The van der Waals surface area contributed by atoms with Crippen LogP contribution in [0.5, 0.6) is 0 Å². The van der Waals surface area contributed by atoms with Crippen molar-refractivity contribution in [1.82, 2.24) is 4.98 Å². The van der Waals surface area contributed by atoms with E-state index in [4.69, 9.17) is 15.3 Å². The van der Waals surface area contributed by atoms with Gasteiger partial charge in [-0.1, -0.05) is 18.2 Å². The van der Waals surface area contributed by atoms with Crippen LogP contribution in [0.3, 0.4) is 0 Å². The third-order valence-electron chi connectivity index (χ3n) is 1.46. The molecule has 0 saturated heterocycles. The van der Waals surface area contributed by atoms with E-state index in [-0.39, 0.29) is 0 Å². The van der Waals surface area contributed by atoms with Crippen LogP contribution >= 0.6 is 0 Å². The molecule has 5 heteroatoms. The lowest BCUT2D eigenvalue weighted by molar-refractivity contribution is -0.742. The average Bonchev–Trinajstić information content (AvgIpc) is 2.49. The third-order valence-corrected chi connectivity index (χ3v) is 1.46. The SMILES string of the molecule is O=[N+]([O-])O.c1ccc2[nH]ccc2c1. The van der Waals surface area contributed by atoms with Crippen molar-refractivity contribution in [3.05, 3.63) is 46.6 Å². The van der Waals surface area contributed by atoms with E-state index in [0.717, 1.165) is 0 Å². The Kier molecular flexibility index (Phi) is 2.86. The summed E-state index contributed by atoms with van der Waals surface area (Å²) in [6.07, 6.45) is 1.95. The van der Waals surface area contributed by atoms with Gasteiger partial charge in [0, 0.05) is 11.7 Å². The minimum atomic E-state index is -1.50. The van der Waals surface area contributed by atoms with Crippen LogP contribution in [0.1, 0.15) is 0 Å². The number of para-hydroxylation sites is 1. The van der Waals surface area contributed by atoms with Crippen LogP contribution in [0.25, 0.3) is 10.9 Å². The van der Waals surface area contributed by atoms with E-state index in [1.54, 1.807) is 0 Å². The lowest BCUT2D eigenvalue weighted by atomic mass is 10.3. The minimum absolute atomic E-state index is 1.21. The first-order chi connectivity index (χ1) is 6.20. The molecular weight excluding hydrogens is 172 g/mol. The zero-order valence-electron chi connectivity index (χ0n) is 6.68. The summed E-state index contributed by atoms with van der Waals surface area (Å²) in [6, 6.07) is 10.3. The number of nitrogens with one attached hydrogen (secondary N) is 1. The molecule has 13 heavy (non-hydrogen) atoms. The summed E-state index contributed by atoms with van der Waals surface area (Å²) in [6.45, 7) is 0. The molecule has 0 spiro atoms.